The number of ether oxygens (including phenoxy) is 1. The molecule has 1 saturated heterocycles. The molecule has 0 aromatic heterocycles. The SMILES string of the molecule is COC1CNC(CNC2(C)CCCCC2)C1. The van der Waals surface area contributed by atoms with Gasteiger partial charge in [0.25, 0.3) is 0 Å². The maximum Gasteiger partial charge on any atom is 0.0711 e. The number of hydrogen-bond donors (Lipinski definition) is 2. The standard InChI is InChI=1S/C13H26N2O/c1-13(6-4-3-5-7-13)15-9-11-8-12(16-2)10-14-11/h11-12,14-15H,3-10H2,1-2H3. The molecule has 2 N–H and O–H groups in total. The van der Waals surface area contributed by atoms with Crippen LogP contribution in [0, 0.1) is 0 Å². The van der Waals surface area contributed by atoms with Crippen LogP contribution in [0.4, 0.5) is 0 Å². The molecule has 1 aliphatic carbocycles. The van der Waals surface area contributed by atoms with Gasteiger partial charge >= 0.3 is 0 Å². The third-order valence-corrected chi connectivity index (χ3v) is 4.25. The molecule has 1 aliphatic heterocycles. The maximum absolute atomic E-state index is 5.37. The molecule has 2 unspecified atom stereocenters. The van der Waals surface area contributed by atoms with E-state index in [-0.39, 0.29) is 0 Å². The molecule has 1 saturated carbocycles. The molecular formula is C13H26N2O. The molecule has 16 heavy (non-hydrogen) atoms. The van der Waals surface area contributed by atoms with Crippen molar-refractivity contribution in [3.05, 3.63) is 0 Å². The molecule has 0 aromatic carbocycles. The Balaban J connectivity index is 1.70. The first-order valence-electron chi connectivity index (χ1n) is 6.73. The molecule has 2 aliphatic rings. The van der Waals surface area contributed by atoms with E-state index in [1.807, 2.05) is 7.11 Å². The van der Waals surface area contributed by atoms with Crippen LogP contribution in [0.25, 0.3) is 0 Å². The molecule has 3 heteroatoms. The van der Waals surface area contributed by atoms with E-state index in [2.05, 4.69) is 17.6 Å². The van der Waals surface area contributed by atoms with Crippen LogP contribution in [0.15, 0.2) is 0 Å². The Morgan fingerprint density at radius 3 is 2.69 bits per heavy atom. The summed E-state index contributed by atoms with van der Waals surface area (Å²) in [6, 6.07) is 0.601. The van der Waals surface area contributed by atoms with Gasteiger partial charge in [0.05, 0.1) is 6.10 Å². The summed E-state index contributed by atoms with van der Waals surface area (Å²) in [5.41, 5.74) is 0.394. The summed E-state index contributed by atoms with van der Waals surface area (Å²) in [6.07, 6.45) is 8.46. The van der Waals surface area contributed by atoms with Crippen molar-refractivity contribution in [3.8, 4) is 0 Å². The van der Waals surface area contributed by atoms with E-state index in [1.54, 1.807) is 0 Å². The van der Waals surface area contributed by atoms with Crippen molar-refractivity contribution >= 4 is 0 Å². The van der Waals surface area contributed by atoms with Crippen molar-refractivity contribution in [2.45, 2.75) is 63.1 Å². The van der Waals surface area contributed by atoms with Crippen LogP contribution in [0.3, 0.4) is 0 Å². The fourth-order valence-corrected chi connectivity index (χ4v) is 3.00. The second-order valence-electron chi connectivity index (χ2n) is 5.70. The van der Waals surface area contributed by atoms with Gasteiger partial charge in [-0.25, -0.2) is 0 Å². The smallest absolute Gasteiger partial charge is 0.0711 e. The monoisotopic (exact) mass is 226 g/mol. The molecular weight excluding hydrogens is 200 g/mol. The van der Waals surface area contributed by atoms with Crippen LogP contribution in [-0.2, 0) is 4.74 Å². The van der Waals surface area contributed by atoms with Gasteiger partial charge in [0.2, 0.25) is 0 Å². The van der Waals surface area contributed by atoms with E-state index >= 15 is 0 Å². The first-order valence-corrected chi connectivity index (χ1v) is 6.73. The zero-order valence-electron chi connectivity index (χ0n) is 10.7. The number of nitrogens with one attached hydrogen (secondary N) is 2. The van der Waals surface area contributed by atoms with Gasteiger partial charge in [-0.05, 0) is 26.2 Å². The topological polar surface area (TPSA) is 33.3 Å². The summed E-state index contributed by atoms with van der Waals surface area (Å²) < 4.78 is 5.37. The Kier molecular flexibility index (Phi) is 4.22. The first-order chi connectivity index (χ1) is 7.72. The molecule has 1 heterocycles. The van der Waals surface area contributed by atoms with E-state index in [1.165, 1.54) is 32.1 Å². The average Bonchev–Trinajstić information content (AvgIpc) is 2.75. The molecule has 94 valence electrons. The summed E-state index contributed by atoms with van der Waals surface area (Å²) >= 11 is 0. The van der Waals surface area contributed by atoms with Gasteiger partial charge in [-0.2, -0.15) is 0 Å². The lowest BCUT2D eigenvalue weighted by molar-refractivity contribution is 0.117. The molecule has 0 aromatic rings. The summed E-state index contributed by atoms with van der Waals surface area (Å²) in [6.45, 7) is 4.49. The molecule has 2 rings (SSSR count). The quantitative estimate of drug-likeness (QED) is 0.765. The lowest BCUT2D eigenvalue weighted by Crippen LogP contribution is -2.48. The lowest BCUT2D eigenvalue weighted by Gasteiger charge is -2.35. The largest absolute Gasteiger partial charge is 0.380 e. The highest BCUT2D eigenvalue weighted by Crippen LogP contribution is 2.27. The van der Waals surface area contributed by atoms with Gasteiger partial charge in [0.1, 0.15) is 0 Å². The van der Waals surface area contributed by atoms with E-state index in [4.69, 9.17) is 4.74 Å². The van der Waals surface area contributed by atoms with Gasteiger partial charge in [-0.15, -0.1) is 0 Å². The highest BCUT2D eigenvalue weighted by molar-refractivity contribution is 4.90. The third-order valence-electron chi connectivity index (χ3n) is 4.25. The van der Waals surface area contributed by atoms with Crippen LogP contribution in [0.5, 0.6) is 0 Å². The minimum absolute atomic E-state index is 0.394. The van der Waals surface area contributed by atoms with E-state index < -0.39 is 0 Å². The molecule has 3 nitrogen and oxygen atoms in total. The Hall–Kier alpha value is -0.120. The van der Waals surface area contributed by atoms with E-state index in [0.29, 0.717) is 17.7 Å². The van der Waals surface area contributed by atoms with Crippen molar-refractivity contribution in [1.29, 1.82) is 0 Å². The first kappa shape index (κ1) is 12.3. The van der Waals surface area contributed by atoms with E-state index in [0.717, 1.165) is 19.5 Å². The van der Waals surface area contributed by atoms with Gasteiger partial charge in [0, 0.05) is 31.8 Å². The Bertz CT molecular complexity index is 214. The minimum atomic E-state index is 0.394. The molecule has 2 atom stereocenters. The van der Waals surface area contributed by atoms with Crippen LogP contribution in [0.1, 0.15) is 45.4 Å². The Morgan fingerprint density at radius 2 is 2.06 bits per heavy atom. The minimum Gasteiger partial charge on any atom is -0.380 e. The highest BCUT2D eigenvalue weighted by atomic mass is 16.5. The summed E-state index contributed by atoms with van der Waals surface area (Å²) in [5.74, 6) is 0. The fourth-order valence-electron chi connectivity index (χ4n) is 3.00. The average molecular weight is 226 g/mol. The van der Waals surface area contributed by atoms with Crippen molar-refractivity contribution in [3.63, 3.8) is 0 Å². The second kappa shape index (κ2) is 5.48. The van der Waals surface area contributed by atoms with Crippen molar-refractivity contribution in [1.82, 2.24) is 10.6 Å². The van der Waals surface area contributed by atoms with Crippen LogP contribution in [0.2, 0.25) is 0 Å². The summed E-state index contributed by atoms with van der Waals surface area (Å²) in [4.78, 5) is 0. The zero-order chi connectivity index (χ0) is 11.4. The van der Waals surface area contributed by atoms with E-state index in [9.17, 15) is 0 Å². The van der Waals surface area contributed by atoms with Crippen LogP contribution < -0.4 is 10.6 Å². The van der Waals surface area contributed by atoms with Crippen LogP contribution >= 0.6 is 0 Å². The number of methoxy groups -OCH3 is 1. The van der Waals surface area contributed by atoms with Gasteiger partial charge in [0.15, 0.2) is 0 Å². The third kappa shape index (κ3) is 3.19. The van der Waals surface area contributed by atoms with Gasteiger partial charge in [-0.3, -0.25) is 0 Å². The van der Waals surface area contributed by atoms with Crippen LogP contribution in [-0.4, -0.2) is 37.9 Å². The summed E-state index contributed by atoms with van der Waals surface area (Å²) in [7, 11) is 1.81. The highest BCUT2D eigenvalue weighted by Gasteiger charge is 2.29. The predicted octanol–water partition coefficient (Wildman–Crippen LogP) is 1.68. The predicted molar refractivity (Wildman–Crippen MR) is 66.7 cm³/mol. The molecule has 2 fully saturated rings. The second-order valence-corrected chi connectivity index (χ2v) is 5.70. The van der Waals surface area contributed by atoms with Gasteiger partial charge < -0.3 is 15.4 Å². The van der Waals surface area contributed by atoms with Crippen molar-refractivity contribution in [2.75, 3.05) is 20.2 Å². The van der Waals surface area contributed by atoms with Gasteiger partial charge in [-0.1, -0.05) is 19.3 Å². The Morgan fingerprint density at radius 1 is 1.31 bits per heavy atom. The Labute approximate surface area is 99.3 Å². The molecule has 0 amide bonds. The lowest BCUT2D eigenvalue weighted by atomic mass is 9.83. The van der Waals surface area contributed by atoms with Crippen molar-refractivity contribution < 1.29 is 4.74 Å². The normalized spacial score (nSPS) is 34.1. The number of hydrogen-bond acceptors (Lipinski definition) is 3. The molecule has 0 spiro atoms. The molecule has 0 bridgehead atoms. The van der Waals surface area contributed by atoms with Crippen molar-refractivity contribution in [2.24, 2.45) is 0 Å². The zero-order valence-corrected chi connectivity index (χ0v) is 10.7. The molecule has 0 radical (unpaired) electrons. The maximum atomic E-state index is 5.37. The number of rotatable bonds is 4. The summed E-state index contributed by atoms with van der Waals surface area (Å²) in [5, 5.41) is 7.29. The fraction of sp³-hybridized carbons (Fsp3) is 1.00.